The molecule has 0 unspecified atom stereocenters. The van der Waals surface area contributed by atoms with Crippen LogP contribution in [0.2, 0.25) is 0 Å². The van der Waals surface area contributed by atoms with Crippen LogP contribution >= 0.6 is 11.8 Å². The second-order valence-corrected chi connectivity index (χ2v) is 5.85. The molecule has 1 amide bonds. The van der Waals surface area contributed by atoms with E-state index in [1.54, 1.807) is 0 Å². The molecule has 2 atom stereocenters. The summed E-state index contributed by atoms with van der Waals surface area (Å²) < 4.78 is -0.467. The van der Waals surface area contributed by atoms with Crippen LogP contribution in [-0.2, 0) is 9.59 Å². The first kappa shape index (κ1) is 10.3. The quantitative estimate of drug-likeness (QED) is 0.408. The van der Waals surface area contributed by atoms with Crippen molar-refractivity contribution in [2.24, 2.45) is 0 Å². The number of carbonyl (C=O) groups is 2. The molecule has 0 spiro atoms. The maximum Gasteiger partial charge on any atom is 0.327 e. The van der Waals surface area contributed by atoms with E-state index in [0.29, 0.717) is 5.57 Å². The third kappa shape index (κ3) is 1.17. The van der Waals surface area contributed by atoms with Crippen molar-refractivity contribution >= 4 is 23.6 Å². The number of β-lactam (4-membered cyclic amide) rings is 1. The van der Waals surface area contributed by atoms with Gasteiger partial charge in [-0.2, -0.15) is 0 Å². The number of nitrogens with zero attached hydrogens (tertiary/aromatic N) is 1. The standard InChI is InChI=1S/C10H11NO3S/c1-4-5-7(12)11-6(9(13)14)10(2,3)15-8(5)11/h6,8H,1H2,2-3H3,(H,13,14)/t6-,8+/m0/s1. The molecular weight excluding hydrogens is 214 g/mol. The Balaban J connectivity index is 2.40. The number of hydrogen-bond donors (Lipinski definition) is 1. The maximum atomic E-state index is 11.6. The average molecular weight is 225 g/mol. The summed E-state index contributed by atoms with van der Waals surface area (Å²) in [5, 5.41) is 8.92. The highest BCUT2D eigenvalue weighted by Crippen LogP contribution is 2.52. The van der Waals surface area contributed by atoms with Gasteiger partial charge in [0.15, 0.2) is 0 Å². The molecule has 2 rings (SSSR count). The van der Waals surface area contributed by atoms with Crippen LogP contribution in [0.1, 0.15) is 13.8 Å². The summed E-state index contributed by atoms with van der Waals surface area (Å²) in [6.45, 7) is 7.11. The van der Waals surface area contributed by atoms with Crippen molar-refractivity contribution in [3.05, 3.63) is 17.9 Å². The van der Waals surface area contributed by atoms with E-state index in [0.717, 1.165) is 0 Å². The van der Waals surface area contributed by atoms with Crippen LogP contribution in [0.4, 0.5) is 0 Å². The zero-order valence-electron chi connectivity index (χ0n) is 8.48. The lowest BCUT2D eigenvalue weighted by molar-refractivity contribution is -0.152. The molecule has 0 aromatic rings. The molecule has 1 N–H and O–H groups in total. The molecule has 2 fully saturated rings. The minimum absolute atomic E-state index is 0.175. The highest BCUT2D eigenvalue weighted by molar-refractivity contribution is 8.01. The molecule has 4 nitrogen and oxygen atoms in total. The fourth-order valence-electron chi connectivity index (χ4n) is 2.06. The molecule has 0 saturated carbocycles. The summed E-state index contributed by atoms with van der Waals surface area (Å²) in [6.07, 6.45) is 0. The van der Waals surface area contributed by atoms with Crippen LogP contribution in [0.3, 0.4) is 0 Å². The van der Waals surface area contributed by atoms with Crippen molar-refractivity contribution in [3.63, 3.8) is 0 Å². The number of carboxylic acids is 1. The van der Waals surface area contributed by atoms with Crippen molar-refractivity contribution in [1.29, 1.82) is 0 Å². The number of thioether (sulfide) groups is 1. The molecule has 2 saturated heterocycles. The van der Waals surface area contributed by atoms with Gasteiger partial charge in [0.1, 0.15) is 11.4 Å². The fraction of sp³-hybridized carbons (Fsp3) is 0.500. The second kappa shape index (κ2) is 2.90. The van der Waals surface area contributed by atoms with Crippen LogP contribution in [-0.4, -0.2) is 38.0 Å². The molecule has 0 aromatic carbocycles. The Labute approximate surface area is 91.6 Å². The van der Waals surface area contributed by atoms with Crippen molar-refractivity contribution < 1.29 is 14.7 Å². The van der Waals surface area contributed by atoms with Crippen LogP contribution < -0.4 is 0 Å². The minimum atomic E-state index is -0.952. The van der Waals surface area contributed by atoms with E-state index >= 15 is 0 Å². The minimum Gasteiger partial charge on any atom is -0.480 e. The maximum absolute atomic E-state index is 11.6. The second-order valence-electron chi connectivity index (χ2n) is 4.12. The van der Waals surface area contributed by atoms with Crippen LogP contribution in [0.15, 0.2) is 17.9 Å². The molecule has 0 aromatic heterocycles. The molecule has 2 aliphatic rings. The average Bonchev–Trinajstić information content (AvgIpc) is 2.35. The number of hydrogen-bond acceptors (Lipinski definition) is 3. The predicted octanol–water partition coefficient (Wildman–Crippen LogP) is 0.845. The SMILES string of the molecule is C=C=C1C(=O)N2[C@@H]1SC(C)(C)[C@@H]2C(=O)O. The fourth-order valence-corrected chi connectivity index (χ4v) is 3.61. The van der Waals surface area contributed by atoms with Gasteiger partial charge >= 0.3 is 5.97 Å². The van der Waals surface area contributed by atoms with E-state index in [4.69, 9.17) is 5.11 Å². The van der Waals surface area contributed by atoms with E-state index in [-0.39, 0.29) is 11.3 Å². The Hall–Kier alpha value is -1.19. The molecule has 15 heavy (non-hydrogen) atoms. The van der Waals surface area contributed by atoms with Gasteiger partial charge in [-0.05, 0) is 13.8 Å². The highest BCUT2D eigenvalue weighted by atomic mass is 32.2. The molecule has 0 bridgehead atoms. The van der Waals surface area contributed by atoms with Gasteiger partial charge in [-0.1, -0.05) is 6.58 Å². The molecule has 80 valence electrons. The first-order chi connectivity index (χ1) is 6.90. The van der Waals surface area contributed by atoms with Crippen molar-refractivity contribution in [1.82, 2.24) is 4.90 Å². The van der Waals surface area contributed by atoms with Crippen LogP contribution in [0.5, 0.6) is 0 Å². The van der Waals surface area contributed by atoms with Gasteiger partial charge in [-0.15, -0.1) is 17.5 Å². The summed E-state index contributed by atoms with van der Waals surface area (Å²) in [5.41, 5.74) is 3.08. The Bertz CT molecular complexity index is 409. The van der Waals surface area contributed by atoms with E-state index in [2.05, 4.69) is 12.3 Å². The first-order valence-electron chi connectivity index (χ1n) is 4.53. The lowest BCUT2D eigenvalue weighted by Crippen LogP contribution is -2.58. The van der Waals surface area contributed by atoms with E-state index < -0.39 is 16.8 Å². The Morgan fingerprint density at radius 2 is 2.27 bits per heavy atom. The van der Waals surface area contributed by atoms with Gasteiger partial charge < -0.3 is 10.0 Å². The summed E-state index contributed by atoms with van der Waals surface area (Å²) in [6, 6.07) is -0.753. The summed E-state index contributed by atoms with van der Waals surface area (Å²) in [4.78, 5) is 24.1. The number of carboxylic acid groups (broad SMARTS) is 1. The molecule has 2 aliphatic heterocycles. The highest BCUT2D eigenvalue weighted by Gasteiger charge is 2.61. The lowest BCUT2D eigenvalue weighted by Gasteiger charge is -2.37. The van der Waals surface area contributed by atoms with Gasteiger partial charge in [0, 0.05) is 4.75 Å². The van der Waals surface area contributed by atoms with Crippen LogP contribution in [0.25, 0.3) is 0 Å². The van der Waals surface area contributed by atoms with Crippen LogP contribution in [0, 0.1) is 0 Å². The molecule has 5 heteroatoms. The van der Waals surface area contributed by atoms with Crippen molar-refractivity contribution in [2.45, 2.75) is 30.0 Å². The molecule has 0 aliphatic carbocycles. The number of carbonyl (C=O) groups excluding carboxylic acids is 1. The largest absolute Gasteiger partial charge is 0.480 e. The van der Waals surface area contributed by atoms with Gasteiger partial charge in [0.25, 0.3) is 5.91 Å². The van der Waals surface area contributed by atoms with Crippen molar-refractivity contribution in [3.8, 4) is 0 Å². The zero-order valence-corrected chi connectivity index (χ0v) is 9.30. The third-order valence-electron chi connectivity index (χ3n) is 2.74. The first-order valence-corrected chi connectivity index (χ1v) is 5.41. The van der Waals surface area contributed by atoms with Gasteiger partial charge in [0.05, 0.1) is 5.57 Å². The number of aliphatic carboxylic acids is 1. The Morgan fingerprint density at radius 3 is 2.73 bits per heavy atom. The zero-order chi connectivity index (χ0) is 11.4. The lowest BCUT2D eigenvalue weighted by atomic mass is 9.96. The molecular formula is C10H11NO3S. The van der Waals surface area contributed by atoms with Crippen molar-refractivity contribution in [2.75, 3.05) is 0 Å². The van der Waals surface area contributed by atoms with Gasteiger partial charge in [-0.3, -0.25) is 4.79 Å². The molecule has 0 radical (unpaired) electrons. The predicted molar refractivity (Wildman–Crippen MR) is 56.4 cm³/mol. The number of fused-ring (bicyclic) bond motifs is 1. The monoisotopic (exact) mass is 225 g/mol. The number of rotatable bonds is 1. The normalized spacial score (nSPS) is 32.0. The smallest absolute Gasteiger partial charge is 0.327 e. The molecule has 2 heterocycles. The van der Waals surface area contributed by atoms with E-state index in [1.165, 1.54) is 16.7 Å². The summed E-state index contributed by atoms with van der Waals surface area (Å²) in [5.74, 6) is -1.20. The van der Waals surface area contributed by atoms with E-state index in [1.807, 2.05) is 13.8 Å². The Morgan fingerprint density at radius 1 is 1.67 bits per heavy atom. The topological polar surface area (TPSA) is 57.6 Å². The van der Waals surface area contributed by atoms with Gasteiger partial charge in [-0.25, -0.2) is 4.79 Å². The van der Waals surface area contributed by atoms with Gasteiger partial charge in [0.2, 0.25) is 0 Å². The summed E-state index contributed by atoms with van der Waals surface area (Å²) >= 11 is 1.48. The third-order valence-corrected chi connectivity index (χ3v) is 4.26. The number of amides is 1. The Kier molecular flexibility index (Phi) is 2.00. The van der Waals surface area contributed by atoms with E-state index in [9.17, 15) is 9.59 Å². The summed E-state index contributed by atoms with van der Waals surface area (Å²) in [7, 11) is 0.